The highest BCUT2D eigenvalue weighted by atomic mass is 35.5. The molecule has 0 radical (unpaired) electrons. The van der Waals surface area contributed by atoms with Gasteiger partial charge in [-0.3, -0.25) is 4.79 Å². The van der Waals surface area contributed by atoms with Gasteiger partial charge in [-0.2, -0.15) is 15.0 Å². The third-order valence-corrected chi connectivity index (χ3v) is 2.39. The first-order valence-electron chi connectivity index (χ1n) is 4.84. The lowest BCUT2D eigenvalue weighted by atomic mass is 10.1. The number of aromatic nitrogens is 3. The largest absolute Gasteiger partial charge is 0.368 e. The van der Waals surface area contributed by atoms with E-state index in [9.17, 15) is 4.79 Å². The Kier molecular flexibility index (Phi) is 3.04. The minimum atomic E-state index is 0.0508. The van der Waals surface area contributed by atoms with Crippen molar-refractivity contribution in [1.29, 1.82) is 0 Å². The summed E-state index contributed by atoms with van der Waals surface area (Å²) in [5.41, 5.74) is 5.43. The van der Waals surface area contributed by atoms with Crippen LogP contribution in [0.3, 0.4) is 0 Å². The standard InChI is InChI=1S/C8H11ClN6O/c9-6-13-7(10)15-8(14-6)12-4-1-2-5(16)11-3-4/h4H,1-3H2,(H,11,16)(H3,10,12,13,14,15). The number of carbonyl (C=O) groups is 1. The number of nitrogen functional groups attached to an aromatic ring is 1. The smallest absolute Gasteiger partial charge is 0.229 e. The van der Waals surface area contributed by atoms with Crippen molar-refractivity contribution in [2.24, 2.45) is 0 Å². The summed E-state index contributed by atoms with van der Waals surface area (Å²) in [6.07, 6.45) is 1.22. The lowest BCUT2D eigenvalue weighted by molar-refractivity contribution is -0.122. The molecule has 1 aromatic rings. The van der Waals surface area contributed by atoms with E-state index in [4.69, 9.17) is 17.3 Å². The van der Waals surface area contributed by atoms with Gasteiger partial charge in [-0.25, -0.2) is 0 Å². The fraction of sp³-hybridized carbons (Fsp3) is 0.500. The van der Waals surface area contributed by atoms with Crippen LogP contribution in [0.2, 0.25) is 5.28 Å². The number of hydrogen-bond acceptors (Lipinski definition) is 6. The van der Waals surface area contributed by atoms with Crippen molar-refractivity contribution in [3.05, 3.63) is 5.28 Å². The maximum Gasteiger partial charge on any atom is 0.229 e. The minimum absolute atomic E-state index is 0.0508. The molecule has 0 spiro atoms. The van der Waals surface area contributed by atoms with E-state index in [2.05, 4.69) is 25.6 Å². The van der Waals surface area contributed by atoms with Gasteiger partial charge in [-0.1, -0.05) is 0 Å². The molecule has 1 aromatic heterocycles. The topological polar surface area (TPSA) is 106 Å². The Morgan fingerprint density at radius 3 is 2.88 bits per heavy atom. The molecular weight excluding hydrogens is 232 g/mol. The van der Waals surface area contributed by atoms with Gasteiger partial charge in [-0.15, -0.1) is 0 Å². The van der Waals surface area contributed by atoms with Crippen molar-refractivity contribution in [2.75, 3.05) is 17.6 Å². The predicted molar refractivity (Wildman–Crippen MR) is 58.9 cm³/mol. The average Bonchev–Trinajstić information content (AvgIpc) is 2.20. The summed E-state index contributed by atoms with van der Waals surface area (Å²) in [7, 11) is 0. The van der Waals surface area contributed by atoms with Crippen LogP contribution in [0, 0.1) is 0 Å². The van der Waals surface area contributed by atoms with E-state index in [1.165, 1.54) is 0 Å². The summed E-state index contributed by atoms with van der Waals surface area (Å²) < 4.78 is 0. The Hall–Kier alpha value is -1.63. The highest BCUT2D eigenvalue weighted by molar-refractivity contribution is 6.28. The fourth-order valence-corrected chi connectivity index (χ4v) is 1.64. The second kappa shape index (κ2) is 4.48. The van der Waals surface area contributed by atoms with Crippen LogP contribution >= 0.6 is 11.6 Å². The summed E-state index contributed by atoms with van der Waals surface area (Å²) in [5, 5.41) is 5.84. The summed E-state index contributed by atoms with van der Waals surface area (Å²) in [5.74, 6) is 0.465. The highest BCUT2D eigenvalue weighted by Crippen LogP contribution is 2.11. The molecule has 16 heavy (non-hydrogen) atoms. The zero-order chi connectivity index (χ0) is 11.5. The van der Waals surface area contributed by atoms with Crippen LogP contribution < -0.4 is 16.4 Å². The van der Waals surface area contributed by atoms with E-state index in [-0.39, 0.29) is 23.2 Å². The van der Waals surface area contributed by atoms with Gasteiger partial charge in [0, 0.05) is 19.0 Å². The summed E-state index contributed by atoms with van der Waals surface area (Å²) >= 11 is 5.64. The van der Waals surface area contributed by atoms with Crippen LogP contribution in [0.25, 0.3) is 0 Å². The fourth-order valence-electron chi connectivity index (χ4n) is 1.47. The molecule has 2 heterocycles. The molecule has 1 aliphatic heterocycles. The number of piperidine rings is 1. The zero-order valence-corrected chi connectivity index (χ0v) is 9.16. The molecule has 1 aliphatic rings. The van der Waals surface area contributed by atoms with Gasteiger partial charge >= 0.3 is 0 Å². The van der Waals surface area contributed by atoms with Crippen LogP contribution in [-0.4, -0.2) is 33.4 Å². The Labute approximate surface area is 96.8 Å². The Bertz CT molecular complexity index is 381. The minimum Gasteiger partial charge on any atom is -0.368 e. The van der Waals surface area contributed by atoms with Crippen molar-refractivity contribution in [3.8, 4) is 0 Å². The molecule has 1 saturated heterocycles. The first kappa shape index (κ1) is 10.9. The van der Waals surface area contributed by atoms with Crippen molar-refractivity contribution in [2.45, 2.75) is 18.9 Å². The van der Waals surface area contributed by atoms with Gasteiger partial charge in [-0.05, 0) is 18.0 Å². The van der Waals surface area contributed by atoms with E-state index < -0.39 is 0 Å². The maximum atomic E-state index is 10.9. The van der Waals surface area contributed by atoms with Gasteiger partial charge < -0.3 is 16.4 Å². The Morgan fingerprint density at radius 1 is 1.44 bits per heavy atom. The summed E-state index contributed by atoms with van der Waals surface area (Å²) in [4.78, 5) is 22.4. The van der Waals surface area contributed by atoms with Crippen molar-refractivity contribution in [1.82, 2.24) is 20.3 Å². The number of nitrogens with two attached hydrogens (primary N) is 1. The normalized spacial score (nSPS) is 20.3. The van der Waals surface area contributed by atoms with E-state index >= 15 is 0 Å². The molecular formula is C8H11ClN6O. The quantitative estimate of drug-likeness (QED) is 0.663. The van der Waals surface area contributed by atoms with Gasteiger partial charge in [0.15, 0.2) is 0 Å². The molecule has 4 N–H and O–H groups in total. The van der Waals surface area contributed by atoms with Crippen LogP contribution in [0.5, 0.6) is 0 Å². The SMILES string of the molecule is Nc1nc(Cl)nc(NC2CCC(=O)NC2)n1. The third kappa shape index (κ3) is 2.69. The van der Waals surface area contributed by atoms with Gasteiger partial charge in [0.2, 0.25) is 23.1 Å². The van der Waals surface area contributed by atoms with E-state index in [0.717, 1.165) is 6.42 Å². The maximum absolute atomic E-state index is 10.9. The molecule has 0 bridgehead atoms. The number of hydrogen-bond donors (Lipinski definition) is 3. The number of nitrogens with zero attached hydrogens (tertiary/aromatic N) is 3. The van der Waals surface area contributed by atoms with Crippen molar-refractivity contribution >= 4 is 29.4 Å². The summed E-state index contributed by atoms with van der Waals surface area (Å²) in [6.45, 7) is 0.544. The van der Waals surface area contributed by atoms with Crippen LogP contribution in [0.1, 0.15) is 12.8 Å². The van der Waals surface area contributed by atoms with Gasteiger partial charge in [0.1, 0.15) is 0 Å². The Morgan fingerprint density at radius 2 is 2.25 bits per heavy atom. The number of amides is 1. The van der Waals surface area contributed by atoms with E-state index in [1.807, 2.05) is 0 Å². The highest BCUT2D eigenvalue weighted by Gasteiger charge is 2.18. The molecule has 86 valence electrons. The number of halogens is 1. The molecule has 1 unspecified atom stereocenters. The summed E-state index contributed by atoms with van der Waals surface area (Å²) in [6, 6.07) is 0.0931. The van der Waals surface area contributed by atoms with Crippen molar-refractivity contribution < 1.29 is 4.79 Å². The molecule has 2 rings (SSSR count). The van der Waals surface area contributed by atoms with Crippen molar-refractivity contribution in [3.63, 3.8) is 0 Å². The second-order valence-electron chi connectivity index (χ2n) is 3.47. The zero-order valence-electron chi connectivity index (χ0n) is 8.40. The number of carbonyl (C=O) groups excluding carboxylic acids is 1. The number of anilines is 2. The number of nitrogens with one attached hydrogen (secondary N) is 2. The molecule has 8 heteroatoms. The molecule has 1 amide bonds. The first-order chi connectivity index (χ1) is 7.63. The lowest BCUT2D eigenvalue weighted by Crippen LogP contribution is -2.42. The van der Waals surface area contributed by atoms with Gasteiger partial charge in [0.05, 0.1) is 0 Å². The number of rotatable bonds is 2. The van der Waals surface area contributed by atoms with Crippen LogP contribution in [0.15, 0.2) is 0 Å². The molecule has 1 fully saturated rings. The molecule has 0 aromatic carbocycles. The second-order valence-corrected chi connectivity index (χ2v) is 3.81. The van der Waals surface area contributed by atoms with Crippen LogP contribution in [-0.2, 0) is 4.79 Å². The first-order valence-corrected chi connectivity index (χ1v) is 5.21. The van der Waals surface area contributed by atoms with E-state index in [1.54, 1.807) is 0 Å². The monoisotopic (exact) mass is 242 g/mol. The molecule has 0 saturated carbocycles. The molecule has 1 atom stereocenters. The molecule has 0 aliphatic carbocycles. The van der Waals surface area contributed by atoms with Crippen LogP contribution in [0.4, 0.5) is 11.9 Å². The predicted octanol–water partition coefficient (Wildman–Crippen LogP) is -0.202. The average molecular weight is 243 g/mol. The third-order valence-electron chi connectivity index (χ3n) is 2.22. The van der Waals surface area contributed by atoms with E-state index in [0.29, 0.717) is 18.9 Å². The molecule has 7 nitrogen and oxygen atoms in total. The lowest BCUT2D eigenvalue weighted by Gasteiger charge is -2.23. The Balaban J connectivity index is 2.00. The van der Waals surface area contributed by atoms with Gasteiger partial charge in [0.25, 0.3) is 0 Å².